The Morgan fingerprint density at radius 2 is 2.19 bits per heavy atom. The van der Waals surface area contributed by atoms with Crippen LogP contribution in [0.3, 0.4) is 0 Å². The van der Waals surface area contributed by atoms with E-state index in [0.29, 0.717) is 29.4 Å². The first kappa shape index (κ1) is 14.8. The largest absolute Gasteiger partial charge is 0.416 e. The Kier molecular flexibility index (Phi) is 4.46. The topological polar surface area (TPSA) is 71.7 Å². The Bertz CT molecular complexity index is 509. The van der Waals surface area contributed by atoms with Crippen LogP contribution in [0.25, 0.3) is 0 Å². The molecule has 2 fully saturated rings. The molecule has 1 aromatic heterocycles. The van der Waals surface area contributed by atoms with Gasteiger partial charge in [-0.1, -0.05) is 11.8 Å². The molecule has 0 unspecified atom stereocenters. The molecule has 2 atom stereocenters. The number of carbonyl (C=O) groups is 1. The van der Waals surface area contributed by atoms with Crippen LogP contribution in [-0.2, 0) is 9.53 Å². The lowest BCUT2D eigenvalue weighted by atomic mass is 10.1. The molecule has 2 aliphatic heterocycles. The van der Waals surface area contributed by atoms with Crippen molar-refractivity contribution >= 4 is 17.7 Å². The monoisotopic (exact) mass is 312 g/mol. The summed E-state index contributed by atoms with van der Waals surface area (Å²) in [6.07, 6.45) is 0. The van der Waals surface area contributed by atoms with Crippen molar-refractivity contribution in [3.8, 4) is 0 Å². The third-order valence-electron chi connectivity index (χ3n) is 3.80. The van der Waals surface area contributed by atoms with Crippen LogP contribution in [0.15, 0.2) is 9.64 Å². The number of ether oxygens (including phenoxy) is 1. The maximum atomic E-state index is 12.5. The fourth-order valence-corrected chi connectivity index (χ4v) is 3.62. The first-order valence-electron chi connectivity index (χ1n) is 7.10. The molecule has 3 rings (SSSR count). The number of rotatable bonds is 3. The quantitative estimate of drug-likeness (QED) is 0.741. The van der Waals surface area contributed by atoms with Gasteiger partial charge in [0.15, 0.2) is 0 Å². The summed E-state index contributed by atoms with van der Waals surface area (Å²) in [4.78, 5) is 16.8. The van der Waals surface area contributed by atoms with Gasteiger partial charge in [-0.15, -0.1) is 10.2 Å². The lowest BCUT2D eigenvalue weighted by molar-refractivity contribution is -0.131. The number of aryl methyl sites for hydroxylation is 1. The van der Waals surface area contributed by atoms with Crippen molar-refractivity contribution in [2.24, 2.45) is 5.92 Å². The van der Waals surface area contributed by atoms with Gasteiger partial charge in [-0.3, -0.25) is 4.79 Å². The SMILES string of the molecule is Cc1nnc(SCC(=O)N2C[C@H]3COC[C@@H]2CN(C)C3)o1. The van der Waals surface area contributed by atoms with Crippen LogP contribution in [0.5, 0.6) is 0 Å². The third kappa shape index (κ3) is 3.56. The molecule has 0 radical (unpaired) electrons. The summed E-state index contributed by atoms with van der Waals surface area (Å²) < 4.78 is 11.0. The van der Waals surface area contributed by atoms with Crippen molar-refractivity contribution in [1.29, 1.82) is 0 Å². The number of likely N-dealkylation sites (N-methyl/N-ethyl adjacent to an activating group) is 1. The summed E-state index contributed by atoms with van der Waals surface area (Å²) in [5, 5.41) is 8.12. The van der Waals surface area contributed by atoms with E-state index in [9.17, 15) is 4.79 Å². The highest BCUT2D eigenvalue weighted by Crippen LogP contribution is 2.22. The predicted molar refractivity (Wildman–Crippen MR) is 77.1 cm³/mol. The molecule has 0 saturated carbocycles. The Hall–Kier alpha value is -1.12. The summed E-state index contributed by atoms with van der Waals surface area (Å²) >= 11 is 1.30. The van der Waals surface area contributed by atoms with E-state index >= 15 is 0 Å². The maximum Gasteiger partial charge on any atom is 0.277 e. The van der Waals surface area contributed by atoms with E-state index in [1.165, 1.54) is 11.8 Å². The normalized spacial score (nSPS) is 26.7. The number of nitrogens with zero attached hydrogens (tertiary/aromatic N) is 4. The second-order valence-corrected chi connectivity index (χ2v) is 6.63. The minimum Gasteiger partial charge on any atom is -0.416 e. The predicted octanol–water partition coefficient (Wildman–Crippen LogP) is 0.259. The molecular weight excluding hydrogens is 292 g/mol. The Balaban J connectivity index is 1.63. The number of aromatic nitrogens is 2. The molecule has 1 aromatic rings. The zero-order valence-corrected chi connectivity index (χ0v) is 13.1. The summed E-state index contributed by atoms with van der Waals surface area (Å²) in [6.45, 7) is 5.72. The van der Waals surface area contributed by atoms with Gasteiger partial charge in [0, 0.05) is 32.5 Å². The molecule has 0 spiro atoms. The summed E-state index contributed by atoms with van der Waals surface area (Å²) in [5.74, 6) is 1.36. The van der Waals surface area contributed by atoms with E-state index < -0.39 is 0 Å². The molecule has 2 aliphatic rings. The van der Waals surface area contributed by atoms with E-state index in [2.05, 4.69) is 22.1 Å². The van der Waals surface area contributed by atoms with Gasteiger partial charge in [0.05, 0.1) is 25.0 Å². The number of hydrogen-bond acceptors (Lipinski definition) is 7. The van der Waals surface area contributed by atoms with Gasteiger partial charge < -0.3 is 19.0 Å². The molecule has 1 amide bonds. The standard InChI is InChI=1S/C13H20N4O3S/c1-9-14-15-13(20-9)21-8-12(18)17-4-10-3-16(2)5-11(17)7-19-6-10/h10-11H,3-8H2,1-2H3/t10-,11-/m0/s1. The van der Waals surface area contributed by atoms with Crippen LogP contribution in [0.2, 0.25) is 0 Å². The van der Waals surface area contributed by atoms with Crippen molar-refractivity contribution in [1.82, 2.24) is 20.0 Å². The fraction of sp³-hybridized carbons (Fsp3) is 0.769. The second-order valence-electron chi connectivity index (χ2n) is 5.70. The van der Waals surface area contributed by atoms with Crippen molar-refractivity contribution in [2.75, 3.05) is 45.6 Å². The lowest BCUT2D eigenvalue weighted by Gasteiger charge is -2.29. The van der Waals surface area contributed by atoms with Gasteiger partial charge in [0.2, 0.25) is 11.8 Å². The van der Waals surface area contributed by atoms with Crippen LogP contribution in [0.1, 0.15) is 5.89 Å². The number of fused-ring (bicyclic) bond motifs is 3. The molecule has 0 aliphatic carbocycles. The van der Waals surface area contributed by atoms with Gasteiger partial charge in [-0.2, -0.15) is 0 Å². The van der Waals surface area contributed by atoms with E-state index in [1.807, 2.05) is 4.90 Å². The van der Waals surface area contributed by atoms with Crippen molar-refractivity contribution < 1.29 is 13.9 Å². The smallest absolute Gasteiger partial charge is 0.277 e. The van der Waals surface area contributed by atoms with Gasteiger partial charge in [0.1, 0.15) is 0 Å². The highest BCUT2D eigenvalue weighted by molar-refractivity contribution is 7.99. The second kappa shape index (κ2) is 6.33. The average Bonchev–Trinajstić information content (AvgIpc) is 2.65. The number of thioether (sulfide) groups is 1. The van der Waals surface area contributed by atoms with Crippen molar-refractivity contribution in [3.05, 3.63) is 5.89 Å². The zero-order valence-electron chi connectivity index (χ0n) is 12.3. The molecule has 7 nitrogen and oxygen atoms in total. The van der Waals surface area contributed by atoms with Gasteiger partial charge in [-0.25, -0.2) is 0 Å². The molecule has 116 valence electrons. The molecule has 0 aromatic carbocycles. The summed E-state index contributed by atoms with van der Waals surface area (Å²) in [5.41, 5.74) is 0. The van der Waals surface area contributed by atoms with E-state index in [0.717, 1.165) is 26.2 Å². The Morgan fingerprint density at radius 1 is 1.33 bits per heavy atom. The molecule has 21 heavy (non-hydrogen) atoms. The average molecular weight is 312 g/mol. The first-order chi connectivity index (χ1) is 10.1. The van der Waals surface area contributed by atoms with Crippen LogP contribution >= 0.6 is 11.8 Å². The minimum absolute atomic E-state index is 0.117. The molecule has 2 bridgehead atoms. The molecule has 3 heterocycles. The van der Waals surface area contributed by atoms with Crippen LogP contribution < -0.4 is 0 Å². The van der Waals surface area contributed by atoms with Crippen LogP contribution in [0.4, 0.5) is 0 Å². The Labute approximate surface area is 128 Å². The summed E-state index contributed by atoms with van der Waals surface area (Å²) in [6, 6.07) is 0.139. The van der Waals surface area contributed by atoms with Crippen molar-refractivity contribution in [2.45, 2.75) is 18.2 Å². The van der Waals surface area contributed by atoms with E-state index in [-0.39, 0.29) is 11.9 Å². The van der Waals surface area contributed by atoms with E-state index in [1.54, 1.807) is 6.92 Å². The third-order valence-corrected chi connectivity index (χ3v) is 4.60. The first-order valence-corrected chi connectivity index (χ1v) is 8.09. The summed E-state index contributed by atoms with van der Waals surface area (Å²) in [7, 11) is 2.11. The highest BCUT2D eigenvalue weighted by Gasteiger charge is 2.34. The maximum absolute atomic E-state index is 12.5. The van der Waals surface area contributed by atoms with Crippen molar-refractivity contribution in [3.63, 3.8) is 0 Å². The minimum atomic E-state index is 0.117. The fourth-order valence-electron chi connectivity index (χ4n) is 2.93. The molecule has 8 heteroatoms. The Morgan fingerprint density at radius 3 is 2.95 bits per heavy atom. The van der Waals surface area contributed by atoms with E-state index in [4.69, 9.17) is 9.15 Å². The number of carbonyl (C=O) groups excluding carboxylic acids is 1. The lowest BCUT2D eigenvalue weighted by Crippen LogP contribution is -2.46. The molecular formula is C13H20N4O3S. The molecule has 0 N–H and O–H groups in total. The van der Waals surface area contributed by atoms with Gasteiger partial charge >= 0.3 is 0 Å². The molecule has 2 saturated heterocycles. The number of hydrogen-bond donors (Lipinski definition) is 0. The van der Waals surface area contributed by atoms with Crippen LogP contribution in [0, 0.1) is 12.8 Å². The zero-order chi connectivity index (χ0) is 14.8. The van der Waals surface area contributed by atoms with Gasteiger partial charge in [0.25, 0.3) is 5.22 Å². The number of amides is 1. The van der Waals surface area contributed by atoms with Crippen LogP contribution in [-0.4, -0.2) is 77.6 Å². The highest BCUT2D eigenvalue weighted by atomic mass is 32.2. The van der Waals surface area contributed by atoms with Gasteiger partial charge in [-0.05, 0) is 7.05 Å².